The van der Waals surface area contributed by atoms with E-state index in [9.17, 15) is 4.79 Å². The molecule has 1 aliphatic carbocycles. The molecule has 1 saturated carbocycles. The van der Waals surface area contributed by atoms with Gasteiger partial charge < -0.3 is 52.7 Å². The van der Waals surface area contributed by atoms with Crippen molar-refractivity contribution in [3.05, 3.63) is 8.85 Å². The summed E-state index contributed by atoms with van der Waals surface area (Å²) in [6, 6.07) is 0. The first kappa shape index (κ1) is 19.8. The van der Waals surface area contributed by atoms with Crippen LogP contribution in [0.5, 0.6) is 0 Å². The van der Waals surface area contributed by atoms with Gasteiger partial charge in [0.05, 0.1) is 0 Å². The molecule has 0 spiro atoms. The predicted octanol–water partition coefficient (Wildman–Crippen LogP) is 4.16. The van der Waals surface area contributed by atoms with Crippen molar-refractivity contribution < 1.29 is 16.8 Å². The Bertz CT molecular complexity index is 375. The average Bonchev–Trinajstić information content (AvgIpc) is 2.69. The Morgan fingerprint density at radius 2 is 0.947 bits per heavy atom. The van der Waals surface area contributed by atoms with Crippen LogP contribution < -0.4 is 4.06 Å². The first-order chi connectivity index (χ1) is 8.25. The maximum Gasteiger partial charge on any atom is 3.00 e. The number of hydrogen-bond donors (Lipinski definition) is 0. The van der Waals surface area contributed by atoms with E-state index in [1.54, 1.807) is 0 Å². The molecule has 0 saturated heterocycles. The number of rotatable bonds is 0. The summed E-state index contributed by atoms with van der Waals surface area (Å²) in [6.45, 7) is 12.0. The second-order valence-corrected chi connectivity index (χ2v) is 8.88. The molecule has 1 nitrogen and oxygen atoms in total. The van der Waals surface area contributed by atoms with Gasteiger partial charge in [0.1, 0.15) is 4.06 Å². The van der Waals surface area contributed by atoms with Gasteiger partial charge in [-0.15, -0.1) is 8.42 Å². The summed E-state index contributed by atoms with van der Waals surface area (Å²) in [4.78, 5) is 10.4. The smallest absolute Gasteiger partial charge is 0.429 e. The van der Waals surface area contributed by atoms with Gasteiger partial charge in [-0.25, -0.2) is 0 Å². The van der Waals surface area contributed by atoms with Gasteiger partial charge in [-0.1, -0.05) is 34.6 Å². The topological polar surface area (TPSA) is 17.1 Å². The maximum absolute atomic E-state index is 10.4. The third kappa shape index (κ3) is 4.93. The van der Waals surface area contributed by atoms with Crippen LogP contribution in [-0.4, -0.2) is 0 Å². The quantitative estimate of drug-likeness (QED) is 0.630. The molecule has 1 heterocycles. The molecule has 19 heavy (non-hydrogen) atoms. The van der Waals surface area contributed by atoms with Crippen LogP contribution in [-0.2, 0) is 42.0 Å². The minimum absolute atomic E-state index is 0. The summed E-state index contributed by atoms with van der Waals surface area (Å²) in [5.74, 6) is 4.68. The summed E-state index contributed by atoms with van der Waals surface area (Å²) in [6.07, 6.45) is 0. The molecule has 0 unspecified atom stereocenters. The zero-order valence-electron chi connectivity index (χ0n) is 11.8. The van der Waals surface area contributed by atoms with Gasteiger partial charge >= 0.3 is 16.8 Å². The summed E-state index contributed by atoms with van der Waals surface area (Å²) < 4.78 is 1.10. The molecule has 2 rings (SSSR count). The van der Waals surface area contributed by atoms with Gasteiger partial charge in [0, 0.05) is 0 Å². The Morgan fingerprint density at radius 1 is 0.737 bits per heavy atom. The van der Waals surface area contributed by atoms with Crippen LogP contribution in [0, 0.1) is 29.6 Å². The second-order valence-electron chi connectivity index (χ2n) is 5.32. The molecule has 1 aromatic rings. The van der Waals surface area contributed by atoms with E-state index in [4.69, 9.17) is 25.3 Å². The molecule has 1 fully saturated rings. The molecule has 1 aliphatic rings. The molecule has 6 heteroatoms. The van der Waals surface area contributed by atoms with Crippen LogP contribution >= 0.6 is 22.7 Å². The average molecular weight is 380 g/mol. The van der Waals surface area contributed by atoms with Crippen LogP contribution in [0.3, 0.4) is 0 Å². The molecular formula is C13H20CoOS4+. The molecule has 0 bridgehead atoms. The van der Waals surface area contributed by atoms with E-state index < -0.39 is 0 Å². The minimum Gasteiger partial charge on any atom is -0.429 e. The Morgan fingerprint density at radius 3 is 1.05 bits per heavy atom. The Kier molecular flexibility index (Phi) is 8.64. The molecule has 0 radical (unpaired) electrons. The van der Waals surface area contributed by atoms with Crippen molar-refractivity contribution in [1.82, 2.24) is 0 Å². The summed E-state index contributed by atoms with van der Waals surface area (Å²) >= 11 is 11.5. The van der Waals surface area contributed by atoms with E-state index in [2.05, 4.69) is 34.6 Å². The SMILES string of the molecule is CC1C(C)C(C)C(C)C1C.O=c1sc([S-])c([S-])s1.[Co+3]. The van der Waals surface area contributed by atoms with E-state index in [1.165, 1.54) is 0 Å². The molecule has 0 N–H and O–H groups in total. The van der Waals surface area contributed by atoms with Gasteiger partial charge in [0.25, 0.3) is 0 Å². The van der Waals surface area contributed by atoms with E-state index in [0.717, 1.165) is 52.3 Å². The van der Waals surface area contributed by atoms with Gasteiger partial charge in [-0.3, -0.25) is 0 Å². The van der Waals surface area contributed by atoms with Crippen molar-refractivity contribution in [3.8, 4) is 0 Å². The van der Waals surface area contributed by atoms with Crippen molar-refractivity contribution in [1.29, 1.82) is 0 Å². The summed E-state index contributed by atoms with van der Waals surface area (Å²) in [7, 11) is 0. The van der Waals surface area contributed by atoms with Gasteiger partial charge in [0.2, 0.25) is 0 Å². The fraction of sp³-hybridized carbons (Fsp3) is 0.769. The molecule has 1 aromatic heterocycles. The van der Waals surface area contributed by atoms with Gasteiger partial charge in [-0.05, 0) is 29.6 Å². The normalized spacial score (nSPS) is 33.2. The molecule has 0 aliphatic heterocycles. The zero-order valence-corrected chi connectivity index (χ0v) is 16.1. The van der Waals surface area contributed by atoms with E-state index >= 15 is 0 Å². The first-order valence-electron chi connectivity index (χ1n) is 6.23. The Balaban J connectivity index is 0.000000331. The molecule has 110 valence electrons. The first-order valence-corrected chi connectivity index (χ1v) is 8.68. The molecular weight excluding hydrogens is 359 g/mol. The van der Waals surface area contributed by atoms with E-state index in [0.29, 0.717) is 8.42 Å². The van der Waals surface area contributed by atoms with Crippen molar-refractivity contribution in [2.75, 3.05) is 0 Å². The van der Waals surface area contributed by atoms with Crippen molar-refractivity contribution in [2.24, 2.45) is 29.6 Å². The van der Waals surface area contributed by atoms with Crippen LogP contribution in [0.15, 0.2) is 13.2 Å². The number of hydrogen-bond acceptors (Lipinski definition) is 5. The van der Waals surface area contributed by atoms with Crippen LogP contribution in [0.25, 0.3) is 0 Å². The summed E-state index contributed by atoms with van der Waals surface area (Å²) in [5.41, 5.74) is 0. The third-order valence-electron chi connectivity index (χ3n) is 4.67. The fourth-order valence-electron chi connectivity index (χ4n) is 2.65. The fourth-order valence-corrected chi connectivity index (χ4v) is 5.06. The predicted molar refractivity (Wildman–Crippen MR) is 85.5 cm³/mol. The minimum atomic E-state index is 0. The second kappa shape index (κ2) is 8.29. The molecule has 0 aromatic carbocycles. The maximum atomic E-state index is 10.4. The molecule has 0 atom stereocenters. The molecule has 0 amide bonds. The summed E-state index contributed by atoms with van der Waals surface area (Å²) in [5, 5.41) is 0. The van der Waals surface area contributed by atoms with Crippen molar-refractivity contribution in [3.63, 3.8) is 0 Å². The van der Waals surface area contributed by atoms with Crippen LogP contribution in [0.4, 0.5) is 0 Å². The Labute approximate surface area is 145 Å². The third-order valence-corrected chi connectivity index (χ3v) is 7.70. The monoisotopic (exact) mass is 379 g/mol. The van der Waals surface area contributed by atoms with Crippen molar-refractivity contribution >= 4 is 47.9 Å². The van der Waals surface area contributed by atoms with E-state index in [1.807, 2.05) is 0 Å². The van der Waals surface area contributed by atoms with Crippen LogP contribution in [0.2, 0.25) is 0 Å². The van der Waals surface area contributed by atoms with Gasteiger partial charge in [-0.2, -0.15) is 0 Å². The zero-order chi connectivity index (χ0) is 14.0. The Hall–Kier alpha value is 0.796. The van der Waals surface area contributed by atoms with Crippen LogP contribution in [0.1, 0.15) is 34.6 Å². The van der Waals surface area contributed by atoms with Gasteiger partial charge in [0.15, 0.2) is 0 Å². The standard InChI is InChI=1S/C10H20.C3H2OS4.Co/c1-6-7(2)9(4)10(5)8(6)3;4-3-7-1(5)2(6)8-3;/h6-10H,1-5H3;5-6H;/q;;+3/p-2. The largest absolute Gasteiger partial charge is 3.00 e. The van der Waals surface area contributed by atoms with Crippen molar-refractivity contribution in [2.45, 2.75) is 43.0 Å². The van der Waals surface area contributed by atoms with E-state index in [-0.39, 0.29) is 20.8 Å².